The van der Waals surface area contributed by atoms with Crippen molar-refractivity contribution in [3.63, 3.8) is 0 Å². The fraction of sp³-hybridized carbons (Fsp3) is 0.0727. The van der Waals surface area contributed by atoms with Crippen molar-refractivity contribution in [1.82, 2.24) is 4.98 Å². The van der Waals surface area contributed by atoms with E-state index in [9.17, 15) is 0 Å². The fourth-order valence-electron chi connectivity index (χ4n) is 8.31. The molecule has 0 saturated carbocycles. The van der Waals surface area contributed by atoms with Crippen LogP contribution < -0.4 is 4.98 Å². The van der Waals surface area contributed by atoms with E-state index >= 15 is 0 Å². The molecule has 0 fully saturated rings. The third-order valence-corrected chi connectivity index (χ3v) is 10.9. The van der Waals surface area contributed by atoms with Crippen molar-refractivity contribution < 1.29 is 31.5 Å². The van der Waals surface area contributed by atoms with Gasteiger partial charge in [0.2, 0.25) is 11.4 Å². The van der Waals surface area contributed by atoms with Crippen LogP contribution in [0.2, 0.25) is 0 Å². The molecule has 3 nitrogen and oxygen atoms in total. The summed E-state index contributed by atoms with van der Waals surface area (Å²) < 4.78 is 4.28. The zero-order valence-corrected chi connectivity index (χ0v) is 35.8. The Morgan fingerprint density at radius 3 is 0.983 bits per heavy atom. The molecule has 288 valence electrons. The monoisotopic (exact) mass is 943 g/mol. The molecule has 1 aliphatic heterocycles. The van der Waals surface area contributed by atoms with Crippen molar-refractivity contribution >= 4 is 39.2 Å². The first-order valence-electron chi connectivity index (χ1n) is 19.9. The SMILES string of the molecule is C1=[N+](c2c(-c3ccccc3)cccc2-c2ccccc2)C=C[N+]=1c1c(-c2ccccc2)cccc1-c1ccccc1.Cc1cc(C)c2[n-]c3c(C)cc(C)cc3c2c1.[Au+]. The van der Waals surface area contributed by atoms with Crippen LogP contribution in [0.5, 0.6) is 0 Å². The minimum atomic E-state index is 0. The Bertz CT molecular complexity index is 2730. The Balaban J connectivity index is 0.000000225. The molecule has 59 heavy (non-hydrogen) atoms. The first kappa shape index (κ1) is 39.3. The van der Waals surface area contributed by atoms with E-state index in [0.29, 0.717) is 0 Å². The van der Waals surface area contributed by atoms with E-state index in [4.69, 9.17) is 4.98 Å². The minimum absolute atomic E-state index is 0. The molecule has 0 amide bonds. The van der Waals surface area contributed by atoms with E-state index in [2.05, 4.69) is 237 Å². The number of para-hydroxylation sites is 2. The number of aryl methyl sites for hydroxylation is 4. The van der Waals surface area contributed by atoms with Gasteiger partial charge < -0.3 is 4.98 Å². The van der Waals surface area contributed by atoms with Gasteiger partial charge in [-0.2, -0.15) is 0 Å². The molecule has 4 heteroatoms. The Hall–Kier alpha value is -6.58. The predicted molar refractivity (Wildman–Crippen MR) is 242 cm³/mol. The molecule has 2 heterocycles. The van der Waals surface area contributed by atoms with Gasteiger partial charge in [-0.05, 0) is 85.0 Å². The summed E-state index contributed by atoms with van der Waals surface area (Å²) in [5.74, 6) is 0. The second kappa shape index (κ2) is 17.1. The second-order valence-corrected chi connectivity index (χ2v) is 15.1. The van der Waals surface area contributed by atoms with Crippen LogP contribution in [0.3, 0.4) is 0 Å². The largest absolute Gasteiger partial charge is 1.00 e. The van der Waals surface area contributed by atoms with E-state index in [-0.39, 0.29) is 22.4 Å². The van der Waals surface area contributed by atoms with Crippen molar-refractivity contribution in [1.29, 1.82) is 0 Å². The van der Waals surface area contributed by atoms with Gasteiger partial charge in [0.15, 0.2) is 0 Å². The normalized spacial score (nSPS) is 11.8. The molecule has 0 unspecified atom stereocenters. The number of hydrogen-bond acceptors (Lipinski definition) is 0. The van der Waals surface area contributed by atoms with Crippen LogP contribution in [0.15, 0.2) is 194 Å². The van der Waals surface area contributed by atoms with Gasteiger partial charge in [0.05, 0.1) is 22.3 Å². The Kier molecular flexibility index (Phi) is 11.4. The van der Waals surface area contributed by atoms with Crippen molar-refractivity contribution in [2.75, 3.05) is 0 Å². The maximum absolute atomic E-state index is 4.80. The third kappa shape index (κ3) is 7.86. The van der Waals surface area contributed by atoms with Gasteiger partial charge in [-0.25, -0.2) is 0 Å². The molecule has 0 atom stereocenters. The number of aromatic nitrogens is 1. The van der Waals surface area contributed by atoms with Crippen molar-refractivity contribution in [2.24, 2.45) is 0 Å². The van der Waals surface area contributed by atoms with Gasteiger partial charge >= 0.3 is 28.4 Å². The zero-order chi connectivity index (χ0) is 39.6. The van der Waals surface area contributed by atoms with E-state index in [0.717, 1.165) is 44.7 Å². The molecule has 1 aliphatic rings. The minimum Gasteiger partial charge on any atom is -0.656 e. The van der Waals surface area contributed by atoms with Gasteiger partial charge in [-0.1, -0.05) is 189 Å². The molecule has 10 rings (SSSR count). The number of nitrogens with zero attached hydrogens (tertiary/aromatic N) is 3. The Labute approximate surface area is 362 Å². The van der Waals surface area contributed by atoms with Crippen LogP contribution in [-0.4, -0.2) is 15.2 Å². The van der Waals surface area contributed by atoms with Gasteiger partial charge in [-0.15, -0.1) is 11.0 Å². The van der Waals surface area contributed by atoms with Gasteiger partial charge in [-0.3, -0.25) is 0 Å². The molecule has 0 bridgehead atoms. The van der Waals surface area contributed by atoms with E-state index in [1.807, 2.05) is 0 Å². The first-order valence-corrected chi connectivity index (χ1v) is 19.9. The summed E-state index contributed by atoms with van der Waals surface area (Å²) in [6.07, 6.45) is 4.23. The van der Waals surface area contributed by atoms with Crippen LogP contribution in [-0.2, 0) is 22.4 Å². The van der Waals surface area contributed by atoms with Crippen LogP contribution >= 0.6 is 0 Å². The molecular weight excluding hydrogens is 900 g/mol. The van der Waals surface area contributed by atoms with Crippen molar-refractivity contribution in [3.8, 4) is 44.5 Å². The summed E-state index contributed by atoms with van der Waals surface area (Å²) in [5, 5.41) is 2.59. The molecule has 1 aromatic heterocycles. The standard InChI is InChI=1S/C39H28N2.C16H16N.Au/c1-5-15-30(16-6-1)34-23-13-24-35(31-17-7-2-8-18-31)38(34)40-27-28-41(29-40)39-36(32-19-9-3-10-20-32)25-14-26-37(39)33-21-11-4-12-22-33;1-9-5-11(3)15-13(7-9)14-8-10(2)6-12(4)16(14)17-15;/h1-28H;5-8H,1-4H3;/q+2;-1;+1. The van der Waals surface area contributed by atoms with Gasteiger partial charge in [0.25, 0.3) is 12.4 Å². The van der Waals surface area contributed by atoms with E-state index in [1.165, 1.54) is 55.3 Å². The third-order valence-electron chi connectivity index (χ3n) is 10.9. The molecule has 9 aromatic rings. The summed E-state index contributed by atoms with van der Waals surface area (Å²) >= 11 is 0. The molecule has 0 saturated heterocycles. The van der Waals surface area contributed by atoms with Crippen LogP contribution in [0.1, 0.15) is 22.3 Å². The Morgan fingerprint density at radius 1 is 0.373 bits per heavy atom. The van der Waals surface area contributed by atoms with Crippen molar-refractivity contribution in [3.05, 3.63) is 217 Å². The number of fused-ring (bicyclic) bond motifs is 3. The summed E-state index contributed by atoms with van der Waals surface area (Å²) in [7, 11) is 0. The quantitative estimate of drug-likeness (QED) is 0.120. The molecule has 0 N–H and O–H groups in total. The molecule has 0 aliphatic carbocycles. The first-order chi connectivity index (χ1) is 28.4. The molecular formula is C55H44AuN3+2. The Morgan fingerprint density at radius 2 is 0.678 bits per heavy atom. The summed E-state index contributed by atoms with van der Waals surface area (Å²) in [6, 6.07) is 68.0. The fourth-order valence-corrected chi connectivity index (χ4v) is 8.31. The van der Waals surface area contributed by atoms with E-state index < -0.39 is 0 Å². The topological polar surface area (TPSA) is 20.1 Å². The average Bonchev–Trinajstić information content (AvgIpc) is 3.91. The number of hydrogen-bond donors (Lipinski definition) is 0. The maximum Gasteiger partial charge on any atom is 1.00 e. The van der Waals surface area contributed by atoms with Crippen LogP contribution in [0.4, 0.5) is 11.4 Å². The smallest absolute Gasteiger partial charge is 0.656 e. The maximum atomic E-state index is 4.80. The van der Waals surface area contributed by atoms with Gasteiger partial charge in [0.1, 0.15) is 0 Å². The van der Waals surface area contributed by atoms with Gasteiger partial charge in [0, 0.05) is 0 Å². The van der Waals surface area contributed by atoms with Crippen LogP contribution in [0.25, 0.3) is 66.3 Å². The summed E-state index contributed by atoms with van der Waals surface area (Å²) in [6.45, 7) is 8.58. The summed E-state index contributed by atoms with van der Waals surface area (Å²) in [4.78, 5) is 4.80. The van der Waals surface area contributed by atoms with Crippen LogP contribution in [0, 0.1) is 27.7 Å². The number of rotatable bonds is 6. The van der Waals surface area contributed by atoms with E-state index in [1.54, 1.807) is 0 Å². The molecule has 0 radical (unpaired) electrons. The van der Waals surface area contributed by atoms with Crippen molar-refractivity contribution in [2.45, 2.75) is 27.7 Å². The summed E-state index contributed by atoms with van der Waals surface area (Å²) in [5.41, 5.74) is 19.0. The molecule has 8 aromatic carbocycles. The molecule has 0 spiro atoms. The average molecular weight is 944 g/mol. The predicted octanol–water partition coefficient (Wildman–Crippen LogP) is 14.2. The number of benzene rings is 8. The zero-order valence-electron chi connectivity index (χ0n) is 33.6. The second-order valence-electron chi connectivity index (χ2n) is 15.1.